The zero-order valence-electron chi connectivity index (χ0n) is 6.34. The van der Waals surface area contributed by atoms with Crippen molar-refractivity contribution in [1.29, 1.82) is 0 Å². The Balaban J connectivity index is 4.06. The van der Waals surface area contributed by atoms with E-state index in [9.17, 15) is 0 Å². The average Bonchev–Trinajstić information content (AvgIpc) is 1.60. The van der Waals surface area contributed by atoms with Gasteiger partial charge in [0, 0.05) is 11.1 Å². The van der Waals surface area contributed by atoms with Gasteiger partial charge in [0.1, 0.15) is 0 Å². The van der Waals surface area contributed by atoms with Crippen LogP contribution in [0.2, 0.25) is 12.6 Å². The van der Waals surface area contributed by atoms with Crippen molar-refractivity contribution in [3.8, 4) is 0 Å². The van der Waals surface area contributed by atoms with Gasteiger partial charge in [-0.05, 0) is 20.4 Å². The van der Waals surface area contributed by atoms with Gasteiger partial charge in [-0.25, -0.2) is 0 Å². The van der Waals surface area contributed by atoms with E-state index in [-0.39, 0.29) is 0 Å². The molecule has 0 aromatic heterocycles. The van der Waals surface area contributed by atoms with E-state index in [0.717, 1.165) is 10.6 Å². The van der Waals surface area contributed by atoms with Gasteiger partial charge in [0.15, 0.2) is 0 Å². The van der Waals surface area contributed by atoms with E-state index < -0.39 is 6.69 Å². The Hall–Kier alpha value is 0.827. The zero-order chi connectivity index (χ0) is 8.36. The molecule has 0 N–H and O–H groups in total. The molecule has 0 aliphatic rings. The van der Waals surface area contributed by atoms with E-state index >= 15 is 0 Å². The van der Waals surface area contributed by atoms with Crippen molar-refractivity contribution in [2.24, 2.45) is 0 Å². The molecule has 0 fully saturated rings. The van der Waals surface area contributed by atoms with Crippen LogP contribution in [0.3, 0.4) is 0 Å². The van der Waals surface area contributed by atoms with Gasteiger partial charge in [-0.2, -0.15) is 0 Å². The third kappa shape index (κ3) is 5.60. The second-order valence-electron chi connectivity index (χ2n) is 2.65. The van der Waals surface area contributed by atoms with E-state index in [0.29, 0.717) is 6.04 Å². The highest BCUT2D eigenvalue weighted by Crippen LogP contribution is 2.28. The first-order chi connectivity index (χ1) is 4.33. The SMILES string of the molecule is CC(C)=C(Cl)C[Si](C)(Cl)Cl. The Morgan fingerprint density at radius 2 is 1.70 bits per heavy atom. The summed E-state index contributed by atoms with van der Waals surface area (Å²) >= 11 is 17.6. The Kier molecular flexibility index (Phi) is 4.34. The molecule has 0 radical (unpaired) electrons. The number of rotatable bonds is 2. The molecule has 0 saturated heterocycles. The molecule has 0 nitrogen and oxygen atoms in total. The summed E-state index contributed by atoms with van der Waals surface area (Å²) in [4.78, 5) is 0. The molecular weight excluding hydrogens is 207 g/mol. The average molecular weight is 218 g/mol. The summed E-state index contributed by atoms with van der Waals surface area (Å²) in [6.45, 7) is 3.74. The summed E-state index contributed by atoms with van der Waals surface area (Å²) < 4.78 is 0. The molecule has 10 heavy (non-hydrogen) atoms. The maximum absolute atomic E-state index is 5.86. The van der Waals surface area contributed by atoms with Crippen LogP contribution in [-0.2, 0) is 0 Å². The van der Waals surface area contributed by atoms with Gasteiger partial charge in [0.2, 0.25) is 0 Å². The van der Waals surface area contributed by atoms with Gasteiger partial charge >= 0.3 is 0 Å². The lowest BCUT2D eigenvalue weighted by molar-refractivity contribution is 1.33. The maximum Gasteiger partial charge on any atom is 0.253 e. The normalized spacial score (nSPS) is 11.4. The molecule has 0 spiro atoms. The van der Waals surface area contributed by atoms with E-state index in [1.54, 1.807) is 0 Å². The third-order valence-corrected chi connectivity index (χ3v) is 3.52. The summed E-state index contributed by atoms with van der Waals surface area (Å²) in [5, 5.41) is 0.805. The maximum atomic E-state index is 5.86. The molecule has 0 aliphatic heterocycles. The van der Waals surface area contributed by atoms with Crippen LogP contribution in [0, 0.1) is 0 Å². The Bertz CT molecular complexity index is 142. The molecular formula is C6H11Cl3Si. The van der Waals surface area contributed by atoms with Crippen molar-refractivity contribution in [3.63, 3.8) is 0 Å². The second-order valence-corrected chi connectivity index (χ2v) is 11.2. The minimum Gasteiger partial charge on any atom is -0.146 e. The largest absolute Gasteiger partial charge is 0.253 e. The predicted molar refractivity (Wildman–Crippen MR) is 52.4 cm³/mol. The standard InChI is InChI=1S/C6H11Cl3Si/c1-5(2)6(7)4-10(3,8)9/h4H2,1-3H3. The predicted octanol–water partition coefficient (Wildman–Crippen LogP) is 4.07. The fourth-order valence-corrected chi connectivity index (χ4v) is 3.36. The lowest BCUT2D eigenvalue weighted by Crippen LogP contribution is -2.11. The quantitative estimate of drug-likeness (QED) is 0.483. The van der Waals surface area contributed by atoms with Crippen molar-refractivity contribution in [3.05, 3.63) is 10.6 Å². The van der Waals surface area contributed by atoms with Crippen molar-refractivity contribution >= 4 is 40.5 Å². The van der Waals surface area contributed by atoms with Crippen LogP contribution in [0.1, 0.15) is 13.8 Å². The number of halogens is 3. The minimum atomic E-state index is -2.03. The Labute approximate surface area is 77.6 Å². The topological polar surface area (TPSA) is 0 Å². The molecule has 0 bridgehead atoms. The Morgan fingerprint density at radius 3 is 1.80 bits per heavy atom. The molecule has 0 aromatic carbocycles. The first kappa shape index (κ1) is 10.8. The molecule has 0 aliphatic carbocycles. The van der Waals surface area contributed by atoms with Crippen LogP contribution < -0.4 is 0 Å². The van der Waals surface area contributed by atoms with Crippen LogP contribution in [0.25, 0.3) is 0 Å². The van der Waals surface area contributed by atoms with E-state index in [4.69, 9.17) is 33.8 Å². The second kappa shape index (κ2) is 4.00. The lowest BCUT2D eigenvalue weighted by Gasteiger charge is -2.09. The summed E-state index contributed by atoms with van der Waals surface area (Å²) in [7, 11) is 0. The van der Waals surface area contributed by atoms with Crippen molar-refractivity contribution in [2.45, 2.75) is 26.4 Å². The molecule has 0 atom stereocenters. The van der Waals surface area contributed by atoms with Crippen molar-refractivity contribution in [1.82, 2.24) is 0 Å². The van der Waals surface area contributed by atoms with E-state index in [2.05, 4.69) is 0 Å². The Morgan fingerprint density at radius 1 is 1.30 bits per heavy atom. The number of hydrogen-bond acceptors (Lipinski definition) is 0. The van der Waals surface area contributed by atoms with Gasteiger partial charge in [-0.15, -0.1) is 22.2 Å². The van der Waals surface area contributed by atoms with Crippen LogP contribution in [0.15, 0.2) is 10.6 Å². The molecule has 0 aromatic rings. The molecule has 4 heteroatoms. The summed E-state index contributed by atoms with van der Waals surface area (Å²) in [6.07, 6.45) is 0. The third-order valence-electron chi connectivity index (χ3n) is 1.01. The fourth-order valence-electron chi connectivity index (χ4n) is 0.449. The van der Waals surface area contributed by atoms with Crippen LogP contribution >= 0.6 is 33.8 Å². The van der Waals surface area contributed by atoms with E-state index in [1.807, 2.05) is 20.4 Å². The summed E-state index contributed by atoms with van der Waals surface area (Å²) in [5.41, 5.74) is 1.10. The van der Waals surface area contributed by atoms with Gasteiger partial charge in [-0.3, -0.25) is 0 Å². The lowest BCUT2D eigenvalue weighted by atomic mass is 10.3. The molecule has 0 unspecified atom stereocenters. The van der Waals surface area contributed by atoms with Gasteiger partial charge < -0.3 is 0 Å². The van der Waals surface area contributed by atoms with Gasteiger partial charge in [0.05, 0.1) is 0 Å². The molecule has 60 valence electrons. The van der Waals surface area contributed by atoms with Gasteiger partial charge in [-0.1, -0.05) is 17.2 Å². The summed E-state index contributed by atoms with van der Waals surface area (Å²) in [5.74, 6) is 0. The van der Waals surface area contributed by atoms with Crippen LogP contribution in [0.4, 0.5) is 0 Å². The smallest absolute Gasteiger partial charge is 0.146 e. The zero-order valence-corrected chi connectivity index (χ0v) is 9.61. The van der Waals surface area contributed by atoms with Crippen molar-refractivity contribution < 1.29 is 0 Å². The highest BCUT2D eigenvalue weighted by Gasteiger charge is 2.22. The van der Waals surface area contributed by atoms with Crippen LogP contribution in [-0.4, -0.2) is 6.69 Å². The minimum absolute atomic E-state index is 0.653. The highest BCUT2D eigenvalue weighted by atomic mass is 35.7. The number of allylic oxidation sites excluding steroid dienone is 2. The molecule has 0 heterocycles. The molecule has 0 amide bonds. The summed E-state index contributed by atoms with van der Waals surface area (Å²) in [6, 6.07) is 0.653. The fraction of sp³-hybridized carbons (Fsp3) is 0.667. The highest BCUT2D eigenvalue weighted by molar-refractivity contribution is 7.45. The molecule has 0 rings (SSSR count). The monoisotopic (exact) mass is 216 g/mol. The van der Waals surface area contributed by atoms with E-state index in [1.165, 1.54) is 0 Å². The van der Waals surface area contributed by atoms with Crippen molar-refractivity contribution in [2.75, 3.05) is 0 Å². The molecule has 0 saturated carbocycles. The van der Waals surface area contributed by atoms with Gasteiger partial charge in [0.25, 0.3) is 6.69 Å². The first-order valence-corrected chi connectivity index (χ1v) is 8.13. The first-order valence-electron chi connectivity index (χ1n) is 3.02. The van der Waals surface area contributed by atoms with Crippen LogP contribution in [0.5, 0.6) is 0 Å². The number of hydrogen-bond donors (Lipinski definition) is 0.